The van der Waals surface area contributed by atoms with Crippen LogP contribution in [0.2, 0.25) is 0 Å². The van der Waals surface area contributed by atoms with Crippen LogP contribution < -0.4 is 0 Å². The van der Waals surface area contributed by atoms with Gasteiger partial charge in [-0.3, -0.25) is 4.52 Å². The second-order valence-electron chi connectivity index (χ2n) is 2.46. The van der Waals surface area contributed by atoms with Crippen LogP contribution in [0.4, 0.5) is 39.1 Å². The van der Waals surface area contributed by atoms with Gasteiger partial charge >= 0.3 is 26.0 Å². The van der Waals surface area contributed by atoms with E-state index >= 15 is 0 Å². The van der Waals surface area contributed by atoms with Gasteiger partial charge in [0.2, 0.25) is 0 Å². The molecule has 98 valence electrons. The first kappa shape index (κ1) is 15.6. The molecule has 0 aliphatic rings. The lowest BCUT2D eigenvalue weighted by molar-refractivity contribution is -0.358. The highest BCUT2D eigenvalue weighted by Gasteiger charge is 2.73. The van der Waals surface area contributed by atoms with Crippen molar-refractivity contribution in [2.24, 2.45) is 0 Å². The Morgan fingerprint density at radius 3 is 1.56 bits per heavy atom. The summed E-state index contributed by atoms with van der Waals surface area (Å²) in [5.74, 6) is -12.5. The standard InChI is InChI=1S/C4H2F9O2P/c5-2(6,1-15-16(12,13)14)3(7,8)4(9,10)11/h1H2. The molecule has 0 heterocycles. The fourth-order valence-electron chi connectivity index (χ4n) is 0.454. The predicted octanol–water partition coefficient (Wildman–Crippen LogP) is 3.88. The van der Waals surface area contributed by atoms with Crippen molar-refractivity contribution in [3.05, 3.63) is 0 Å². The van der Waals surface area contributed by atoms with E-state index in [9.17, 15) is 43.7 Å². The lowest BCUT2D eigenvalue weighted by atomic mass is 10.2. The summed E-state index contributed by atoms with van der Waals surface area (Å²) in [5, 5.41) is 0. The lowest BCUT2D eigenvalue weighted by Crippen LogP contribution is -2.54. The van der Waals surface area contributed by atoms with Gasteiger partial charge in [-0.25, -0.2) is 4.57 Å². The highest BCUT2D eigenvalue weighted by molar-refractivity contribution is 7.47. The third kappa shape index (κ3) is 3.55. The van der Waals surface area contributed by atoms with Crippen LogP contribution in [0.15, 0.2) is 0 Å². The van der Waals surface area contributed by atoms with Crippen LogP contribution in [-0.2, 0) is 9.09 Å². The molecule has 0 fully saturated rings. The highest BCUT2D eigenvalue weighted by atomic mass is 31.2. The fraction of sp³-hybridized carbons (Fsp3) is 1.00. The largest absolute Gasteiger partial charge is 0.552 e. The van der Waals surface area contributed by atoms with Crippen molar-refractivity contribution in [2.45, 2.75) is 18.0 Å². The van der Waals surface area contributed by atoms with Crippen LogP contribution in [0, 0.1) is 0 Å². The van der Waals surface area contributed by atoms with Gasteiger partial charge in [0.1, 0.15) is 6.61 Å². The fourth-order valence-corrected chi connectivity index (χ4v) is 0.767. The third-order valence-corrected chi connectivity index (χ3v) is 1.64. The molecule has 0 amide bonds. The van der Waals surface area contributed by atoms with E-state index in [1.54, 1.807) is 0 Å². The van der Waals surface area contributed by atoms with Gasteiger partial charge in [0.05, 0.1) is 0 Å². The molecule has 0 spiro atoms. The number of hydrogen-bond donors (Lipinski definition) is 0. The quantitative estimate of drug-likeness (QED) is 0.578. The molecule has 0 aromatic heterocycles. The Kier molecular flexibility index (Phi) is 3.99. The summed E-state index contributed by atoms with van der Waals surface area (Å²) < 4.78 is 117. The molecule has 0 unspecified atom stereocenters. The number of alkyl halides is 7. The molecule has 0 saturated heterocycles. The van der Waals surface area contributed by atoms with E-state index in [-0.39, 0.29) is 0 Å². The van der Waals surface area contributed by atoms with Crippen LogP contribution in [0.5, 0.6) is 0 Å². The van der Waals surface area contributed by atoms with E-state index in [4.69, 9.17) is 0 Å². The van der Waals surface area contributed by atoms with Crippen molar-refractivity contribution in [3.8, 4) is 0 Å². The minimum atomic E-state index is -6.64. The van der Waals surface area contributed by atoms with E-state index in [2.05, 4.69) is 4.52 Å². The number of halogens is 9. The second kappa shape index (κ2) is 4.10. The summed E-state index contributed by atoms with van der Waals surface area (Å²) in [6.07, 6.45) is -6.64. The molecule has 12 heteroatoms. The maximum Gasteiger partial charge on any atom is 0.552 e. The zero-order valence-electron chi connectivity index (χ0n) is 6.87. The van der Waals surface area contributed by atoms with Crippen LogP contribution in [0.3, 0.4) is 0 Å². The van der Waals surface area contributed by atoms with Gasteiger partial charge in [-0.1, -0.05) is 0 Å². The van der Waals surface area contributed by atoms with Gasteiger partial charge in [0.25, 0.3) is 0 Å². The molecule has 0 N–H and O–H groups in total. The van der Waals surface area contributed by atoms with Crippen molar-refractivity contribution in [3.63, 3.8) is 0 Å². The maximum atomic E-state index is 12.2. The van der Waals surface area contributed by atoms with Gasteiger partial charge in [0, 0.05) is 0 Å². The Balaban J connectivity index is 4.86. The summed E-state index contributed by atoms with van der Waals surface area (Å²) in [4.78, 5) is 0. The Hall–Kier alpha value is -0.440. The molecule has 0 rings (SSSR count). The summed E-state index contributed by atoms with van der Waals surface area (Å²) in [5.41, 5.74) is 0. The average Bonchev–Trinajstić information content (AvgIpc) is 1.97. The van der Waals surface area contributed by atoms with Gasteiger partial charge in [0.15, 0.2) is 0 Å². The first-order valence-corrected chi connectivity index (χ1v) is 4.57. The van der Waals surface area contributed by atoms with Crippen LogP contribution in [0.1, 0.15) is 0 Å². The first-order valence-electron chi connectivity index (χ1n) is 3.17. The van der Waals surface area contributed by atoms with E-state index in [0.29, 0.717) is 0 Å². The Bertz CT molecular complexity index is 290. The van der Waals surface area contributed by atoms with E-state index < -0.39 is 32.6 Å². The molecule has 2 nitrogen and oxygen atoms in total. The van der Waals surface area contributed by atoms with E-state index in [1.165, 1.54) is 0 Å². The SMILES string of the molecule is O=P(F)(F)OCC(F)(F)C(F)(F)C(F)(F)F. The topological polar surface area (TPSA) is 26.3 Å². The van der Waals surface area contributed by atoms with Gasteiger partial charge in [-0.15, -0.1) is 8.39 Å². The molecule has 16 heavy (non-hydrogen) atoms. The van der Waals surface area contributed by atoms with Crippen LogP contribution >= 0.6 is 7.99 Å². The van der Waals surface area contributed by atoms with Gasteiger partial charge in [-0.05, 0) is 0 Å². The van der Waals surface area contributed by atoms with Crippen molar-refractivity contribution in [2.75, 3.05) is 6.61 Å². The molecule has 0 bridgehead atoms. The molecule has 0 aliphatic carbocycles. The smallest absolute Gasteiger partial charge is 0.274 e. The van der Waals surface area contributed by atoms with Gasteiger partial charge < -0.3 is 0 Å². The average molecular weight is 284 g/mol. The van der Waals surface area contributed by atoms with Crippen molar-refractivity contribution in [1.82, 2.24) is 0 Å². The molecule has 0 aromatic rings. The highest BCUT2D eigenvalue weighted by Crippen LogP contribution is 2.53. The summed E-state index contributed by atoms with van der Waals surface area (Å²) in [6.45, 7) is -3.01. The predicted molar refractivity (Wildman–Crippen MR) is 31.7 cm³/mol. The Labute approximate surface area is 82.1 Å². The zero-order chi connectivity index (χ0) is 13.4. The lowest BCUT2D eigenvalue weighted by Gasteiger charge is -2.27. The molecular weight excluding hydrogens is 282 g/mol. The summed E-state index contributed by atoms with van der Waals surface area (Å²) >= 11 is 0. The monoisotopic (exact) mass is 284 g/mol. The van der Waals surface area contributed by atoms with Gasteiger partial charge in [-0.2, -0.15) is 30.7 Å². The molecule has 0 saturated carbocycles. The minimum absolute atomic E-state index is 2.47. The van der Waals surface area contributed by atoms with E-state index in [0.717, 1.165) is 0 Å². The summed E-state index contributed by atoms with van der Waals surface area (Å²) in [6, 6.07) is 0. The molecule has 0 radical (unpaired) electrons. The number of rotatable bonds is 4. The molecular formula is C4H2F9O2P. The maximum absolute atomic E-state index is 12.2. The number of hydrogen-bond acceptors (Lipinski definition) is 2. The first-order chi connectivity index (χ1) is 6.71. The zero-order valence-corrected chi connectivity index (χ0v) is 7.77. The van der Waals surface area contributed by atoms with Crippen molar-refractivity contribution >= 4 is 7.99 Å². The molecule has 0 aliphatic heterocycles. The van der Waals surface area contributed by atoms with Crippen molar-refractivity contribution in [1.29, 1.82) is 0 Å². The Morgan fingerprint density at radius 2 is 1.31 bits per heavy atom. The van der Waals surface area contributed by atoms with Crippen LogP contribution in [-0.4, -0.2) is 24.6 Å². The molecule has 0 aromatic carbocycles. The van der Waals surface area contributed by atoms with Crippen molar-refractivity contribution < 1.29 is 48.2 Å². The second-order valence-corrected chi connectivity index (χ2v) is 3.55. The Morgan fingerprint density at radius 1 is 0.938 bits per heavy atom. The third-order valence-electron chi connectivity index (χ3n) is 1.21. The molecule has 0 atom stereocenters. The van der Waals surface area contributed by atoms with E-state index in [1.807, 2.05) is 0 Å². The minimum Gasteiger partial charge on any atom is -0.274 e. The summed E-state index contributed by atoms with van der Waals surface area (Å²) in [7, 11) is -6.56. The normalized spacial score (nSPS) is 15.3. The van der Waals surface area contributed by atoms with Crippen LogP contribution in [0.25, 0.3) is 0 Å².